The molecule has 0 saturated carbocycles. The Morgan fingerprint density at radius 2 is 1.67 bits per heavy atom. The molecule has 3 atom stereocenters. The van der Waals surface area contributed by atoms with Crippen molar-refractivity contribution in [1.29, 1.82) is 0 Å². The number of fused-ring (bicyclic) bond motifs is 1. The summed E-state index contributed by atoms with van der Waals surface area (Å²) in [5.74, 6) is 0.177. The van der Waals surface area contributed by atoms with Crippen molar-refractivity contribution in [3.63, 3.8) is 0 Å². The summed E-state index contributed by atoms with van der Waals surface area (Å²) in [6.45, 7) is 4.26. The standard InChI is InChI=1S/C20H22N2O2/c1-15-18-19(23)21(14-16-8-4-2-5-9-16)12-13-22(18)20(24-15)17-10-6-3-7-11-17/h2-11,15,18,20H,12-14H2,1H3/t15-,18+,20-/m1/s1. The van der Waals surface area contributed by atoms with Gasteiger partial charge in [0.05, 0.1) is 6.10 Å². The lowest BCUT2D eigenvalue weighted by Crippen LogP contribution is -2.56. The van der Waals surface area contributed by atoms with Crippen molar-refractivity contribution in [2.75, 3.05) is 13.1 Å². The molecule has 2 heterocycles. The molecule has 2 aromatic carbocycles. The zero-order valence-corrected chi connectivity index (χ0v) is 13.8. The Morgan fingerprint density at radius 3 is 2.38 bits per heavy atom. The van der Waals surface area contributed by atoms with Gasteiger partial charge in [-0.25, -0.2) is 0 Å². The number of carbonyl (C=O) groups excluding carboxylic acids is 1. The van der Waals surface area contributed by atoms with Gasteiger partial charge in [-0.2, -0.15) is 0 Å². The van der Waals surface area contributed by atoms with Crippen LogP contribution in [0.4, 0.5) is 0 Å². The van der Waals surface area contributed by atoms with Crippen LogP contribution in [0.1, 0.15) is 24.3 Å². The van der Waals surface area contributed by atoms with E-state index in [4.69, 9.17) is 4.74 Å². The fourth-order valence-corrected chi connectivity index (χ4v) is 3.75. The Hall–Kier alpha value is -2.17. The van der Waals surface area contributed by atoms with Crippen molar-refractivity contribution in [2.45, 2.75) is 31.8 Å². The Morgan fingerprint density at radius 1 is 1.00 bits per heavy atom. The lowest BCUT2D eigenvalue weighted by molar-refractivity contribution is -0.142. The smallest absolute Gasteiger partial charge is 0.243 e. The summed E-state index contributed by atoms with van der Waals surface area (Å²) in [5.41, 5.74) is 2.29. The molecule has 24 heavy (non-hydrogen) atoms. The quantitative estimate of drug-likeness (QED) is 0.871. The minimum absolute atomic E-state index is 0.0960. The van der Waals surface area contributed by atoms with Crippen LogP contribution >= 0.6 is 0 Å². The zero-order valence-electron chi connectivity index (χ0n) is 13.8. The van der Waals surface area contributed by atoms with E-state index in [9.17, 15) is 4.79 Å². The van der Waals surface area contributed by atoms with Crippen molar-refractivity contribution in [2.24, 2.45) is 0 Å². The van der Waals surface area contributed by atoms with E-state index in [0.29, 0.717) is 6.54 Å². The van der Waals surface area contributed by atoms with Crippen molar-refractivity contribution < 1.29 is 9.53 Å². The first-order valence-electron chi connectivity index (χ1n) is 8.53. The maximum atomic E-state index is 13.0. The summed E-state index contributed by atoms with van der Waals surface area (Å²) in [7, 11) is 0. The van der Waals surface area contributed by atoms with Gasteiger partial charge < -0.3 is 9.64 Å². The van der Waals surface area contributed by atoms with Gasteiger partial charge in [-0.3, -0.25) is 9.69 Å². The van der Waals surface area contributed by atoms with Crippen LogP contribution in [0.3, 0.4) is 0 Å². The van der Waals surface area contributed by atoms with Gasteiger partial charge in [0.15, 0.2) is 0 Å². The second-order valence-electron chi connectivity index (χ2n) is 6.53. The lowest BCUT2D eigenvalue weighted by Gasteiger charge is -2.38. The number of rotatable bonds is 3. The molecule has 4 heteroatoms. The minimum atomic E-state index is -0.187. The number of hydrogen-bond acceptors (Lipinski definition) is 3. The highest BCUT2D eigenvalue weighted by atomic mass is 16.5. The number of nitrogens with zero attached hydrogens (tertiary/aromatic N) is 2. The summed E-state index contributed by atoms with van der Waals surface area (Å²) in [4.78, 5) is 17.2. The average Bonchev–Trinajstić information content (AvgIpc) is 2.96. The Bertz CT molecular complexity index is 704. The largest absolute Gasteiger partial charge is 0.354 e. The number of benzene rings is 2. The molecule has 4 rings (SSSR count). The molecule has 0 spiro atoms. The molecule has 0 bridgehead atoms. The topological polar surface area (TPSA) is 32.8 Å². The van der Waals surface area contributed by atoms with E-state index in [1.165, 1.54) is 5.56 Å². The van der Waals surface area contributed by atoms with E-state index in [-0.39, 0.29) is 24.3 Å². The molecule has 2 saturated heterocycles. The molecule has 2 aromatic rings. The number of carbonyl (C=O) groups is 1. The molecule has 4 nitrogen and oxygen atoms in total. The van der Waals surface area contributed by atoms with Gasteiger partial charge >= 0.3 is 0 Å². The first kappa shape index (κ1) is 15.4. The van der Waals surface area contributed by atoms with Gasteiger partial charge in [0.1, 0.15) is 12.3 Å². The van der Waals surface area contributed by atoms with Crippen LogP contribution in [0.15, 0.2) is 60.7 Å². The first-order valence-corrected chi connectivity index (χ1v) is 8.53. The van der Waals surface area contributed by atoms with E-state index >= 15 is 0 Å². The highest BCUT2D eigenvalue weighted by Gasteiger charge is 2.48. The number of ether oxygens (including phenoxy) is 1. The van der Waals surface area contributed by atoms with Crippen LogP contribution < -0.4 is 0 Å². The predicted molar refractivity (Wildman–Crippen MR) is 92.1 cm³/mol. The van der Waals surface area contributed by atoms with Crippen LogP contribution in [-0.2, 0) is 16.1 Å². The van der Waals surface area contributed by atoms with E-state index in [2.05, 4.69) is 29.2 Å². The molecular formula is C20H22N2O2. The van der Waals surface area contributed by atoms with Crippen molar-refractivity contribution in [3.05, 3.63) is 71.8 Å². The van der Waals surface area contributed by atoms with Crippen molar-refractivity contribution in [3.8, 4) is 0 Å². The van der Waals surface area contributed by atoms with E-state index in [1.54, 1.807) is 0 Å². The third kappa shape index (κ3) is 2.72. The van der Waals surface area contributed by atoms with Gasteiger partial charge in [0.25, 0.3) is 0 Å². The lowest BCUT2D eigenvalue weighted by atomic mass is 10.1. The Labute approximate surface area is 142 Å². The molecule has 124 valence electrons. The minimum Gasteiger partial charge on any atom is -0.354 e. The molecule has 2 aliphatic heterocycles. The molecule has 0 radical (unpaired) electrons. The fraction of sp³-hybridized carbons (Fsp3) is 0.350. The van der Waals surface area contributed by atoms with Crippen LogP contribution in [0.5, 0.6) is 0 Å². The van der Waals surface area contributed by atoms with E-state index in [0.717, 1.165) is 18.7 Å². The van der Waals surface area contributed by atoms with Crippen LogP contribution in [0, 0.1) is 0 Å². The third-order valence-electron chi connectivity index (χ3n) is 4.94. The van der Waals surface area contributed by atoms with Crippen molar-refractivity contribution >= 4 is 5.91 Å². The average molecular weight is 322 g/mol. The van der Waals surface area contributed by atoms with Gasteiger partial charge in [0, 0.05) is 19.6 Å². The Balaban J connectivity index is 1.53. The monoisotopic (exact) mass is 322 g/mol. The molecule has 0 N–H and O–H groups in total. The number of piperazine rings is 1. The van der Waals surface area contributed by atoms with Crippen LogP contribution in [0.25, 0.3) is 0 Å². The molecule has 1 amide bonds. The predicted octanol–water partition coefficient (Wildman–Crippen LogP) is 2.82. The molecule has 0 aromatic heterocycles. The summed E-state index contributed by atoms with van der Waals surface area (Å²) >= 11 is 0. The highest BCUT2D eigenvalue weighted by molar-refractivity contribution is 5.83. The summed E-state index contributed by atoms with van der Waals surface area (Å²) in [6, 6.07) is 20.2. The maximum absolute atomic E-state index is 13.0. The van der Waals surface area contributed by atoms with Crippen LogP contribution in [0.2, 0.25) is 0 Å². The van der Waals surface area contributed by atoms with E-state index < -0.39 is 0 Å². The van der Waals surface area contributed by atoms with Gasteiger partial charge in [0.2, 0.25) is 5.91 Å². The highest BCUT2D eigenvalue weighted by Crippen LogP contribution is 2.37. The molecular weight excluding hydrogens is 300 g/mol. The normalized spacial score (nSPS) is 27.3. The molecule has 0 unspecified atom stereocenters. The van der Waals surface area contributed by atoms with E-state index in [1.807, 2.05) is 48.2 Å². The summed E-state index contributed by atoms with van der Waals surface area (Å²) < 4.78 is 6.14. The van der Waals surface area contributed by atoms with Gasteiger partial charge in [-0.05, 0) is 18.1 Å². The van der Waals surface area contributed by atoms with Crippen LogP contribution in [-0.4, -0.2) is 40.9 Å². The second kappa shape index (κ2) is 6.38. The Kier molecular flexibility index (Phi) is 4.08. The first-order chi connectivity index (χ1) is 11.7. The molecule has 2 fully saturated rings. The number of amides is 1. The van der Waals surface area contributed by atoms with Crippen molar-refractivity contribution in [1.82, 2.24) is 9.80 Å². The SMILES string of the molecule is C[C@H]1O[C@H](c2ccccc2)N2CCN(Cc3ccccc3)C(=O)[C@H]12. The van der Waals surface area contributed by atoms with Gasteiger partial charge in [-0.1, -0.05) is 60.7 Å². The third-order valence-corrected chi connectivity index (χ3v) is 4.94. The van der Waals surface area contributed by atoms with Gasteiger partial charge in [-0.15, -0.1) is 0 Å². The zero-order chi connectivity index (χ0) is 16.5. The maximum Gasteiger partial charge on any atom is 0.243 e. The molecule has 0 aliphatic carbocycles. The summed E-state index contributed by atoms with van der Waals surface area (Å²) in [5, 5.41) is 0. The molecule has 2 aliphatic rings. The summed E-state index contributed by atoms with van der Waals surface area (Å²) in [6.07, 6.45) is -0.213. The number of hydrogen-bond donors (Lipinski definition) is 0. The fourth-order valence-electron chi connectivity index (χ4n) is 3.75. The second-order valence-corrected chi connectivity index (χ2v) is 6.53.